The highest BCUT2D eigenvalue weighted by molar-refractivity contribution is 5.99. The van der Waals surface area contributed by atoms with E-state index in [0.717, 1.165) is 22.3 Å². The van der Waals surface area contributed by atoms with Gasteiger partial charge in [-0.25, -0.2) is 4.98 Å². The number of aromatic nitrogens is 1. The minimum absolute atomic E-state index is 0.0968. The summed E-state index contributed by atoms with van der Waals surface area (Å²) in [7, 11) is 1.60. The smallest absolute Gasteiger partial charge is 0.270 e. The molecule has 3 unspecified atom stereocenters. The molecule has 10 heteroatoms. The van der Waals surface area contributed by atoms with Crippen molar-refractivity contribution in [2.75, 3.05) is 13.7 Å². The lowest BCUT2D eigenvalue weighted by Crippen LogP contribution is -2.55. The Bertz CT molecular complexity index is 1500. The molecule has 4 rings (SSSR count). The quantitative estimate of drug-likeness (QED) is 0.156. The van der Waals surface area contributed by atoms with Crippen LogP contribution in [0, 0.1) is 0 Å². The molecule has 3 atom stereocenters. The number of amides is 3. The van der Waals surface area contributed by atoms with Gasteiger partial charge in [0, 0.05) is 18.5 Å². The Hall–Kier alpha value is -4.80. The van der Waals surface area contributed by atoms with Gasteiger partial charge in [-0.1, -0.05) is 66.7 Å². The minimum Gasteiger partial charge on any atom is -0.497 e. The van der Waals surface area contributed by atoms with E-state index in [1.165, 1.54) is 0 Å². The number of methoxy groups -OCH3 is 1. The second-order valence-corrected chi connectivity index (χ2v) is 9.94. The fourth-order valence-corrected chi connectivity index (χ4v) is 4.52. The Morgan fingerprint density at radius 3 is 2.31 bits per heavy atom. The van der Waals surface area contributed by atoms with Gasteiger partial charge in [0.2, 0.25) is 11.8 Å². The zero-order valence-corrected chi connectivity index (χ0v) is 23.3. The van der Waals surface area contributed by atoms with Gasteiger partial charge < -0.3 is 31.5 Å². The Morgan fingerprint density at radius 2 is 1.60 bits per heavy atom. The van der Waals surface area contributed by atoms with Crippen LogP contribution in [0.15, 0.2) is 91.0 Å². The van der Waals surface area contributed by atoms with Crippen LogP contribution in [-0.2, 0) is 22.6 Å². The number of hydrogen-bond acceptors (Lipinski definition) is 7. The number of pyridine rings is 1. The van der Waals surface area contributed by atoms with Gasteiger partial charge in [-0.3, -0.25) is 14.4 Å². The Labute approximate surface area is 244 Å². The number of carbonyl (C=O) groups excluding carboxylic acids is 3. The summed E-state index contributed by atoms with van der Waals surface area (Å²) in [4.78, 5) is 42.7. The zero-order chi connectivity index (χ0) is 29.9. The normalized spacial score (nSPS) is 13.1. The molecular formula is C32H35N5O5. The Kier molecular flexibility index (Phi) is 10.6. The van der Waals surface area contributed by atoms with E-state index in [1.54, 1.807) is 25.3 Å². The molecule has 218 valence electrons. The second kappa shape index (κ2) is 14.7. The fraction of sp³-hybridized carbons (Fsp3) is 0.250. The average molecular weight is 570 g/mol. The first-order valence-electron chi connectivity index (χ1n) is 13.6. The van der Waals surface area contributed by atoms with Gasteiger partial charge in [0.15, 0.2) is 0 Å². The number of benzene rings is 3. The van der Waals surface area contributed by atoms with E-state index < -0.39 is 42.3 Å². The third kappa shape index (κ3) is 8.60. The topological polar surface area (TPSA) is 156 Å². The number of nitrogens with two attached hydrogens (primary N) is 1. The summed E-state index contributed by atoms with van der Waals surface area (Å²) in [6, 6.07) is 25.6. The SMILES string of the molecule is COc1ccc(CNCC(O)C(Cc2ccccc2)NC(=O)C(CC(N)=O)NC(=O)c2ccc3ccccc3n2)cc1. The standard InChI is InChI=1S/C32H35N5O5/c1-42-24-14-11-22(12-15-24)19-34-20-29(38)27(17-21-7-3-2-4-8-21)36-32(41)28(18-30(33)39)37-31(40)26-16-13-23-9-5-6-10-25(23)35-26/h2-16,27-29,34,38H,17-20H2,1H3,(H2,33,39)(H,36,41)(H,37,40). The third-order valence-corrected chi connectivity index (χ3v) is 6.79. The maximum Gasteiger partial charge on any atom is 0.270 e. The van der Waals surface area contributed by atoms with Gasteiger partial charge in [-0.2, -0.15) is 0 Å². The van der Waals surface area contributed by atoms with Crippen molar-refractivity contribution < 1.29 is 24.2 Å². The minimum atomic E-state index is -1.26. The summed E-state index contributed by atoms with van der Waals surface area (Å²) in [5, 5.41) is 20.6. The van der Waals surface area contributed by atoms with Crippen LogP contribution in [0.3, 0.4) is 0 Å². The van der Waals surface area contributed by atoms with E-state index in [4.69, 9.17) is 10.5 Å². The summed E-state index contributed by atoms with van der Waals surface area (Å²) >= 11 is 0. The van der Waals surface area contributed by atoms with E-state index >= 15 is 0 Å². The number of nitrogens with zero attached hydrogens (tertiary/aromatic N) is 1. The summed E-state index contributed by atoms with van der Waals surface area (Å²) in [6.07, 6.45) is -1.09. The number of carbonyl (C=O) groups is 3. The maximum absolute atomic E-state index is 13.4. The average Bonchev–Trinajstić information content (AvgIpc) is 3.00. The van der Waals surface area contributed by atoms with Crippen LogP contribution >= 0.6 is 0 Å². The monoisotopic (exact) mass is 569 g/mol. The molecule has 0 spiro atoms. The summed E-state index contributed by atoms with van der Waals surface area (Å²) < 4.78 is 5.19. The number of aliphatic hydroxyl groups excluding tert-OH is 1. The highest BCUT2D eigenvalue weighted by Crippen LogP contribution is 2.13. The lowest BCUT2D eigenvalue weighted by Gasteiger charge is -2.27. The first kappa shape index (κ1) is 30.2. The predicted octanol–water partition coefficient (Wildman–Crippen LogP) is 2.10. The molecule has 6 N–H and O–H groups in total. The molecule has 42 heavy (non-hydrogen) atoms. The Balaban J connectivity index is 1.45. The van der Waals surface area contributed by atoms with Crippen molar-refractivity contribution in [3.63, 3.8) is 0 Å². The van der Waals surface area contributed by atoms with Crippen molar-refractivity contribution in [3.05, 3.63) is 108 Å². The molecule has 0 fully saturated rings. The van der Waals surface area contributed by atoms with E-state index in [2.05, 4.69) is 20.9 Å². The van der Waals surface area contributed by atoms with Gasteiger partial charge in [0.05, 0.1) is 31.2 Å². The largest absolute Gasteiger partial charge is 0.497 e. The molecule has 0 saturated carbocycles. The molecule has 0 aliphatic heterocycles. The van der Waals surface area contributed by atoms with Crippen LogP contribution < -0.4 is 26.4 Å². The number of nitrogens with one attached hydrogen (secondary N) is 3. The maximum atomic E-state index is 13.4. The third-order valence-electron chi connectivity index (χ3n) is 6.79. The first-order chi connectivity index (χ1) is 20.3. The number of aliphatic hydroxyl groups is 1. The molecule has 0 aliphatic rings. The highest BCUT2D eigenvalue weighted by atomic mass is 16.5. The van der Waals surface area contributed by atoms with Crippen LogP contribution in [0.25, 0.3) is 10.9 Å². The number of rotatable bonds is 14. The van der Waals surface area contributed by atoms with Crippen molar-refractivity contribution in [1.29, 1.82) is 0 Å². The molecular weight excluding hydrogens is 534 g/mol. The van der Waals surface area contributed by atoms with Crippen molar-refractivity contribution in [2.45, 2.75) is 37.6 Å². The van der Waals surface area contributed by atoms with Gasteiger partial charge in [-0.15, -0.1) is 0 Å². The number of primary amides is 1. The van der Waals surface area contributed by atoms with Crippen LogP contribution in [0.2, 0.25) is 0 Å². The lowest BCUT2D eigenvalue weighted by molar-refractivity contribution is -0.128. The van der Waals surface area contributed by atoms with Crippen molar-refractivity contribution in [2.24, 2.45) is 5.73 Å². The van der Waals surface area contributed by atoms with Crippen LogP contribution in [-0.4, -0.2) is 59.7 Å². The number of hydrogen-bond donors (Lipinski definition) is 5. The molecule has 1 aromatic heterocycles. The molecule has 10 nitrogen and oxygen atoms in total. The molecule has 1 heterocycles. The van der Waals surface area contributed by atoms with Gasteiger partial charge in [0.1, 0.15) is 17.5 Å². The van der Waals surface area contributed by atoms with E-state index in [1.807, 2.05) is 72.8 Å². The number of ether oxygens (including phenoxy) is 1. The molecule has 0 bridgehead atoms. The van der Waals surface area contributed by atoms with Crippen molar-refractivity contribution in [1.82, 2.24) is 20.9 Å². The van der Waals surface area contributed by atoms with Gasteiger partial charge in [0.25, 0.3) is 5.91 Å². The van der Waals surface area contributed by atoms with Gasteiger partial charge in [-0.05, 0) is 41.8 Å². The lowest BCUT2D eigenvalue weighted by atomic mass is 10.00. The summed E-state index contributed by atoms with van der Waals surface area (Å²) in [5.74, 6) is -1.27. The number of para-hydroxylation sites is 1. The molecule has 3 aromatic carbocycles. The zero-order valence-electron chi connectivity index (χ0n) is 23.3. The number of fused-ring (bicyclic) bond motifs is 1. The van der Waals surface area contributed by atoms with E-state index in [-0.39, 0.29) is 12.2 Å². The van der Waals surface area contributed by atoms with Crippen molar-refractivity contribution >= 4 is 28.6 Å². The van der Waals surface area contributed by atoms with E-state index in [0.29, 0.717) is 18.5 Å². The Morgan fingerprint density at radius 1 is 0.881 bits per heavy atom. The van der Waals surface area contributed by atoms with Crippen LogP contribution in [0.1, 0.15) is 28.0 Å². The molecule has 0 aliphatic carbocycles. The second-order valence-electron chi connectivity index (χ2n) is 9.94. The van der Waals surface area contributed by atoms with Crippen LogP contribution in [0.4, 0.5) is 0 Å². The molecule has 0 radical (unpaired) electrons. The van der Waals surface area contributed by atoms with E-state index in [9.17, 15) is 19.5 Å². The van der Waals surface area contributed by atoms with Crippen molar-refractivity contribution in [3.8, 4) is 5.75 Å². The van der Waals surface area contributed by atoms with Crippen LogP contribution in [0.5, 0.6) is 5.75 Å². The van der Waals surface area contributed by atoms with Gasteiger partial charge >= 0.3 is 0 Å². The molecule has 4 aromatic rings. The predicted molar refractivity (Wildman–Crippen MR) is 160 cm³/mol. The molecule has 3 amide bonds. The summed E-state index contributed by atoms with van der Waals surface area (Å²) in [6.45, 7) is 0.670. The highest BCUT2D eigenvalue weighted by Gasteiger charge is 2.29. The summed E-state index contributed by atoms with van der Waals surface area (Å²) in [5.41, 5.74) is 8.03. The molecule has 0 saturated heterocycles. The first-order valence-corrected chi connectivity index (χ1v) is 13.6. The fourth-order valence-electron chi connectivity index (χ4n) is 4.52.